The number of sulfonamides is 1. The van der Waals surface area contributed by atoms with Gasteiger partial charge in [-0.25, -0.2) is 18.1 Å². The van der Waals surface area contributed by atoms with E-state index in [-0.39, 0.29) is 15.8 Å². The smallest absolute Gasteiger partial charge is 0.240 e. The number of hydrogen-bond acceptors (Lipinski definition) is 6. The standard InChI is InChI=1S/C19H21ClN4O3S/c1-27-18-5-4-16(11-17(18)20)28(25,26)23-13-14-6-9-24(10-7-14)19-15(12-21)3-2-8-22-19/h2-5,8,11,14,23H,6-7,9-10,13H2,1H3. The lowest BCUT2D eigenvalue weighted by atomic mass is 9.97. The Kier molecular flexibility index (Phi) is 6.39. The molecule has 9 heteroatoms. The van der Waals surface area contributed by atoms with Gasteiger partial charge in [0.25, 0.3) is 0 Å². The van der Waals surface area contributed by atoms with Crippen LogP contribution in [0.3, 0.4) is 0 Å². The summed E-state index contributed by atoms with van der Waals surface area (Å²) >= 11 is 6.03. The first-order valence-corrected chi connectivity index (χ1v) is 10.7. The molecule has 28 heavy (non-hydrogen) atoms. The molecule has 0 atom stereocenters. The summed E-state index contributed by atoms with van der Waals surface area (Å²) < 4.78 is 32.8. The molecular formula is C19H21ClN4O3S. The first kappa shape index (κ1) is 20.4. The number of hydrogen-bond donors (Lipinski definition) is 1. The van der Waals surface area contributed by atoms with Crippen molar-refractivity contribution in [2.24, 2.45) is 5.92 Å². The van der Waals surface area contributed by atoms with Crippen LogP contribution in [-0.2, 0) is 10.0 Å². The van der Waals surface area contributed by atoms with Crippen molar-refractivity contribution in [1.82, 2.24) is 9.71 Å². The Morgan fingerprint density at radius 2 is 2.11 bits per heavy atom. The van der Waals surface area contributed by atoms with Crippen molar-refractivity contribution in [3.63, 3.8) is 0 Å². The molecule has 0 spiro atoms. The predicted molar refractivity (Wildman–Crippen MR) is 107 cm³/mol. The van der Waals surface area contributed by atoms with E-state index < -0.39 is 10.0 Å². The zero-order chi connectivity index (χ0) is 20.1. The van der Waals surface area contributed by atoms with Crippen LogP contribution in [0.25, 0.3) is 0 Å². The van der Waals surface area contributed by atoms with Crippen LogP contribution in [0.5, 0.6) is 5.75 Å². The van der Waals surface area contributed by atoms with Gasteiger partial charge in [-0.15, -0.1) is 0 Å². The summed E-state index contributed by atoms with van der Waals surface area (Å²) in [6.45, 7) is 1.81. The summed E-state index contributed by atoms with van der Waals surface area (Å²) in [6, 6.07) is 10.1. The van der Waals surface area contributed by atoms with Crippen molar-refractivity contribution in [1.29, 1.82) is 5.26 Å². The van der Waals surface area contributed by atoms with Gasteiger partial charge >= 0.3 is 0 Å². The molecule has 0 aliphatic carbocycles. The van der Waals surface area contributed by atoms with E-state index in [0.717, 1.165) is 25.9 Å². The van der Waals surface area contributed by atoms with E-state index in [0.29, 0.717) is 23.7 Å². The molecule has 1 fully saturated rings. The number of nitrogens with one attached hydrogen (secondary N) is 1. The van der Waals surface area contributed by atoms with Gasteiger partial charge < -0.3 is 9.64 Å². The van der Waals surface area contributed by atoms with Gasteiger partial charge in [0, 0.05) is 25.8 Å². The molecule has 2 heterocycles. The number of nitrogens with zero attached hydrogens (tertiary/aromatic N) is 3. The van der Waals surface area contributed by atoms with Gasteiger partial charge in [-0.2, -0.15) is 5.26 Å². The molecule has 7 nitrogen and oxygen atoms in total. The summed E-state index contributed by atoms with van der Waals surface area (Å²) in [4.78, 5) is 6.50. The van der Waals surface area contributed by atoms with Gasteiger partial charge in [-0.1, -0.05) is 11.6 Å². The maximum atomic E-state index is 12.5. The number of pyridine rings is 1. The Morgan fingerprint density at radius 1 is 1.36 bits per heavy atom. The number of nitriles is 1. The molecule has 1 N–H and O–H groups in total. The molecule has 1 aliphatic rings. The molecule has 1 aromatic carbocycles. The summed E-state index contributed by atoms with van der Waals surface area (Å²) in [5.41, 5.74) is 0.554. The lowest BCUT2D eigenvalue weighted by Crippen LogP contribution is -2.39. The van der Waals surface area contributed by atoms with Crippen LogP contribution in [0, 0.1) is 17.2 Å². The highest BCUT2D eigenvalue weighted by Gasteiger charge is 2.24. The van der Waals surface area contributed by atoms with E-state index in [2.05, 4.69) is 20.7 Å². The molecule has 0 unspecified atom stereocenters. The first-order valence-electron chi connectivity index (χ1n) is 8.88. The van der Waals surface area contributed by atoms with E-state index in [1.807, 2.05) is 0 Å². The van der Waals surface area contributed by atoms with Crippen LogP contribution < -0.4 is 14.4 Å². The number of methoxy groups -OCH3 is 1. The first-order chi connectivity index (χ1) is 13.4. The molecule has 1 aliphatic heterocycles. The van der Waals surface area contributed by atoms with E-state index >= 15 is 0 Å². The number of anilines is 1. The van der Waals surface area contributed by atoms with Crippen molar-refractivity contribution in [3.05, 3.63) is 47.1 Å². The predicted octanol–water partition coefficient (Wildman–Crippen LogP) is 2.81. The molecule has 1 saturated heterocycles. The Hall–Kier alpha value is -2.34. The van der Waals surface area contributed by atoms with E-state index in [4.69, 9.17) is 16.3 Å². The summed E-state index contributed by atoms with van der Waals surface area (Å²) in [5.74, 6) is 1.34. The number of ether oxygens (including phenoxy) is 1. The van der Waals surface area contributed by atoms with E-state index in [9.17, 15) is 13.7 Å². The fourth-order valence-electron chi connectivity index (χ4n) is 3.21. The maximum absolute atomic E-state index is 12.5. The van der Waals surface area contributed by atoms with Gasteiger partial charge in [-0.3, -0.25) is 0 Å². The third-order valence-electron chi connectivity index (χ3n) is 4.82. The minimum atomic E-state index is -3.64. The van der Waals surface area contributed by atoms with Crippen LogP contribution in [0.2, 0.25) is 5.02 Å². The summed E-state index contributed by atoms with van der Waals surface area (Å²) in [7, 11) is -2.17. The van der Waals surface area contributed by atoms with Crippen LogP contribution in [0.4, 0.5) is 5.82 Å². The Labute approximate surface area is 170 Å². The van der Waals surface area contributed by atoms with Crippen molar-refractivity contribution < 1.29 is 13.2 Å². The molecule has 148 valence electrons. The molecule has 0 bridgehead atoms. The fraction of sp³-hybridized carbons (Fsp3) is 0.368. The second kappa shape index (κ2) is 8.78. The van der Waals surface area contributed by atoms with Gasteiger partial charge in [0.1, 0.15) is 17.6 Å². The summed E-state index contributed by atoms with van der Waals surface area (Å²) in [5, 5.41) is 9.48. The third-order valence-corrected chi connectivity index (χ3v) is 6.53. The van der Waals surface area contributed by atoms with Crippen molar-refractivity contribution >= 4 is 27.4 Å². The van der Waals surface area contributed by atoms with Crippen LogP contribution in [0.15, 0.2) is 41.4 Å². The lowest BCUT2D eigenvalue weighted by Gasteiger charge is -2.33. The van der Waals surface area contributed by atoms with Crippen LogP contribution in [0.1, 0.15) is 18.4 Å². The maximum Gasteiger partial charge on any atom is 0.240 e. The minimum absolute atomic E-state index is 0.114. The van der Waals surface area contributed by atoms with Gasteiger partial charge in [0.05, 0.1) is 22.6 Å². The molecule has 3 rings (SSSR count). The number of halogens is 1. The molecule has 0 radical (unpaired) electrons. The number of benzene rings is 1. The topological polar surface area (TPSA) is 95.3 Å². The highest BCUT2D eigenvalue weighted by Crippen LogP contribution is 2.27. The molecular weight excluding hydrogens is 400 g/mol. The highest BCUT2D eigenvalue weighted by molar-refractivity contribution is 7.89. The normalized spacial score (nSPS) is 15.2. The second-order valence-electron chi connectivity index (χ2n) is 6.57. The quantitative estimate of drug-likeness (QED) is 0.772. The zero-order valence-electron chi connectivity index (χ0n) is 15.4. The number of piperidine rings is 1. The number of aromatic nitrogens is 1. The van der Waals surface area contributed by atoms with Crippen molar-refractivity contribution in [2.45, 2.75) is 17.7 Å². The van der Waals surface area contributed by atoms with Gasteiger partial charge in [0.15, 0.2) is 0 Å². The van der Waals surface area contributed by atoms with E-state index in [1.54, 1.807) is 18.3 Å². The number of rotatable bonds is 6. The Bertz CT molecular complexity index is 983. The zero-order valence-corrected chi connectivity index (χ0v) is 17.0. The van der Waals surface area contributed by atoms with Gasteiger partial charge in [-0.05, 0) is 49.1 Å². The highest BCUT2D eigenvalue weighted by atomic mass is 35.5. The average molecular weight is 421 g/mol. The van der Waals surface area contributed by atoms with Gasteiger partial charge in [0.2, 0.25) is 10.0 Å². The molecule has 1 aromatic heterocycles. The molecule has 0 saturated carbocycles. The fourth-order valence-corrected chi connectivity index (χ4v) is 4.67. The molecule has 2 aromatic rings. The SMILES string of the molecule is COc1ccc(S(=O)(=O)NCC2CCN(c3ncccc3C#N)CC2)cc1Cl. The monoisotopic (exact) mass is 420 g/mol. The Balaban J connectivity index is 1.58. The lowest BCUT2D eigenvalue weighted by molar-refractivity contribution is 0.400. The summed E-state index contributed by atoms with van der Waals surface area (Å²) in [6.07, 6.45) is 3.30. The van der Waals surface area contributed by atoms with Crippen LogP contribution in [-0.4, -0.2) is 40.1 Å². The van der Waals surface area contributed by atoms with Crippen LogP contribution >= 0.6 is 11.6 Å². The largest absolute Gasteiger partial charge is 0.495 e. The van der Waals surface area contributed by atoms with Crippen molar-refractivity contribution in [3.8, 4) is 11.8 Å². The Morgan fingerprint density at radius 3 is 2.75 bits per heavy atom. The third kappa shape index (κ3) is 4.55. The van der Waals surface area contributed by atoms with E-state index in [1.165, 1.54) is 25.3 Å². The van der Waals surface area contributed by atoms with Crippen molar-refractivity contribution in [2.75, 3.05) is 31.6 Å². The average Bonchev–Trinajstić information content (AvgIpc) is 2.72. The second-order valence-corrected chi connectivity index (χ2v) is 8.74. The molecule has 0 amide bonds. The minimum Gasteiger partial charge on any atom is -0.495 e.